The first-order valence-electron chi connectivity index (χ1n) is 6.51. The number of oxime groups is 1. The summed E-state index contributed by atoms with van der Waals surface area (Å²) in [5, 5.41) is 15.7. The molecule has 0 atom stereocenters. The molecule has 0 heterocycles. The summed E-state index contributed by atoms with van der Waals surface area (Å²) in [5.74, 6) is 0.0726. The fourth-order valence-corrected chi connectivity index (χ4v) is 2.61. The Hall–Kier alpha value is -1.26. The van der Waals surface area contributed by atoms with Gasteiger partial charge in [-0.2, -0.15) is 0 Å². The fourth-order valence-electron chi connectivity index (χ4n) is 2.36. The maximum atomic E-state index is 8.62. The number of hydrogen-bond acceptors (Lipinski definition) is 3. The Morgan fingerprint density at radius 3 is 2.79 bits per heavy atom. The van der Waals surface area contributed by atoms with Crippen LogP contribution in [0.5, 0.6) is 0 Å². The van der Waals surface area contributed by atoms with Crippen LogP contribution in [-0.2, 0) is 6.54 Å². The maximum absolute atomic E-state index is 8.62. The van der Waals surface area contributed by atoms with Crippen LogP contribution in [0.25, 0.3) is 0 Å². The maximum Gasteiger partial charge on any atom is 0.170 e. The van der Waals surface area contributed by atoms with Crippen molar-refractivity contribution in [3.05, 3.63) is 34.3 Å². The molecule has 4 nitrogen and oxygen atoms in total. The Morgan fingerprint density at radius 1 is 1.53 bits per heavy atom. The highest BCUT2D eigenvalue weighted by Crippen LogP contribution is 2.39. The minimum absolute atomic E-state index is 0.0726. The van der Waals surface area contributed by atoms with Crippen molar-refractivity contribution in [3.8, 4) is 0 Å². The van der Waals surface area contributed by atoms with Crippen molar-refractivity contribution in [2.75, 3.05) is 6.54 Å². The van der Waals surface area contributed by atoms with Crippen molar-refractivity contribution in [2.45, 2.75) is 32.7 Å². The Morgan fingerprint density at radius 2 is 2.26 bits per heavy atom. The summed E-state index contributed by atoms with van der Waals surface area (Å²) in [7, 11) is 0. The Kier molecular flexibility index (Phi) is 4.32. The predicted molar refractivity (Wildman–Crippen MR) is 77.6 cm³/mol. The van der Waals surface area contributed by atoms with E-state index < -0.39 is 0 Å². The standard InChI is InChI=1S/C14H20ClN3O/c1-14(5-2-6-14)9-17-8-11-4-3-10(7-12(11)15)13(16)18-19/h3-4,7,17,19H,2,5-6,8-9H2,1H3,(H2,16,18). The van der Waals surface area contributed by atoms with Gasteiger partial charge in [-0.15, -0.1) is 0 Å². The minimum atomic E-state index is 0.0726. The Labute approximate surface area is 118 Å². The normalized spacial score (nSPS) is 18.1. The van der Waals surface area contributed by atoms with E-state index in [2.05, 4.69) is 17.4 Å². The summed E-state index contributed by atoms with van der Waals surface area (Å²) < 4.78 is 0. The molecule has 4 N–H and O–H groups in total. The number of amidine groups is 1. The summed E-state index contributed by atoms with van der Waals surface area (Å²) in [6, 6.07) is 5.44. The van der Waals surface area contributed by atoms with Crippen LogP contribution >= 0.6 is 11.6 Å². The van der Waals surface area contributed by atoms with Gasteiger partial charge in [0.15, 0.2) is 5.84 Å². The highest BCUT2D eigenvalue weighted by atomic mass is 35.5. The molecule has 1 saturated carbocycles. The largest absolute Gasteiger partial charge is 0.409 e. The van der Waals surface area contributed by atoms with E-state index in [1.807, 2.05) is 12.1 Å². The first kappa shape index (κ1) is 14.2. The summed E-state index contributed by atoms with van der Waals surface area (Å²) in [6.07, 6.45) is 3.94. The highest BCUT2D eigenvalue weighted by Gasteiger charge is 2.30. The van der Waals surface area contributed by atoms with E-state index in [-0.39, 0.29) is 5.84 Å². The van der Waals surface area contributed by atoms with Crippen molar-refractivity contribution in [3.63, 3.8) is 0 Å². The van der Waals surface area contributed by atoms with Gasteiger partial charge in [0.05, 0.1) is 0 Å². The van der Waals surface area contributed by atoms with E-state index in [9.17, 15) is 0 Å². The van der Waals surface area contributed by atoms with Gasteiger partial charge in [0.1, 0.15) is 0 Å². The quantitative estimate of drug-likeness (QED) is 0.336. The zero-order valence-corrected chi connectivity index (χ0v) is 11.9. The minimum Gasteiger partial charge on any atom is -0.409 e. The van der Waals surface area contributed by atoms with Crippen LogP contribution < -0.4 is 11.1 Å². The molecule has 0 bridgehead atoms. The Balaban J connectivity index is 1.93. The zero-order chi connectivity index (χ0) is 13.9. The van der Waals surface area contributed by atoms with Crippen molar-refractivity contribution < 1.29 is 5.21 Å². The van der Waals surface area contributed by atoms with E-state index in [0.717, 1.165) is 18.7 Å². The molecule has 104 valence electrons. The van der Waals surface area contributed by atoms with Gasteiger partial charge in [0.2, 0.25) is 0 Å². The number of rotatable bonds is 5. The number of hydrogen-bond donors (Lipinski definition) is 3. The van der Waals surface area contributed by atoms with E-state index >= 15 is 0 Å². The van der Waals surface area contributed by atoms with Gasteiger partial charge in [-0.1, -0.05) is 42.2 Å². The van der Waals surface area contributed by atoms with Crippen LogP contribution in [0.15, 0.2) is 23.4 Å². The van der Waals surface area contributed by atoms with Gasteiger partial charge >= 0.3 is 0 Å². The average molecular weight is 282 g/mol. The first-order chi connectivity index (χ1) is 9.04. The van der Waals surface area contributed by atoms with E-state index in [4.69, 9.17) is 22.5 Å². The third-order valence-electron chi connectivity index (χ3n) is 3.88. The van der Waals surface area contributed by atoms with E-state index in [1.165, 1.54) is 19.3 Å². The number of nitrogens with one attached hydrogen (secondary N) is 1. The molecule has 0 saturated heterocycles. The fraction of sp³-hybridized carbons (Fsp3) is 0.500. The lowest BCUT2D eigenvalue weighted by atomic mass is 9.70. The molecule has 1 aliphatic carbocycles. The molecule has 0 unspecified atom stereocenters. The molecule has 1 aromatic carbocycles. The summed E-state index contributed by atoms with van der Waals surface area (Å²) in [5.41, 5.74) is 7.63. The highest BCUT2D eigenvalue weighted by molar-refractivity contribution is 6.31. The van der Waals surface area contributed by atoms with Gasteiger partial charge in [0.25, 0.3) is 0 Å². The first-order valence-corrected chi connectivity index (χ1v) is 6.89. The van der Waals surface area contributed by atoms with Crippen molar-refractivity contribution in [1.29, 1.82) is 0 Å². The number of halogens is 1. The third kappa shape index (κ3) is 3.39. The van der Waals surface area contributed by atoms with Crippen molar-refractivity contribution in [2.24, 2.45) is 16.3 Å². The molecular weight excluding hydrogens is 262 g/mol. The monoisotopic (exact) mass is 281 g/mol. The second-order valence-electron chi connectivity index (χ2n) is 5.56. The number of nitrogens with two attached hydrogens (primary N) is 1. The van der Waals surface area contributed by atoms with E-state index in [1.54, 1.807) is 6.07 Å². The topological polar surface area (TPSA) is 70.6 Å². The van der Waals surface area contributed by atoms with Crippen molar-refractivity contribution in [1.82, 2.24) is 5.32 Å². The molecular formula is C14H20ClN3O. The third-order valence-corrected chi connectivity index (χ3v) is 4.24. The van der Waals surface area contributed by atoms with Gasteiger partial charge < -0.3 is 16.3 Å². The van der Waals surface area contributed by atoms with E-state index in [0.29, 0.717) is 16.0 Å². The predicted octanol–water partition coefficient (Wildman–Crippen LogP) is 2.71. The molecule has 1 fully saturated rings. The molecule has 2 rings (SSSR count). The van der Waals surface area contributed by atoms with Crippen LogP contribution in [0.2, 0.25) is 5.02 Å². The van der Waals surface area contributed by atoms with Crippen LogP contribution in [-0.4, -0.2) is 17.6 Å². The molecule has 5 heteroatoms. The lowest BCUT2D eigenvalue weighted by Gasteiger charge is -2.38. The number of benzene rings is 1. The SMILES string of the molecule is CC1(CNCc2ccc(/C(N)=N/O)cc2Cl)CCC1. The van der Waals surface area contributed by atoms with Gasteiger partial charge in [-0.3, -0.25) is 0 Å². The molecule has 19 heavy (non-hydrogen) atoms. The van der Waals surface area contributed by atoms with Gasteiger partial charge in [0, 0.05) is 23.7 Å². The lowest BCUT2D eigenvalue weighted by molar-refractivity contribution is 0.156. The molecule has 0 amide bonds. The van der Waals surface area contributed by atoms with Crippen LogP contribution in [0.3, 0.4) is 0 Å². The number of nitrogens with zero attached hydrogens (tertiary/aromatic N) is 1. The molecule has 1 aromatic rings. The summed E-state index contributed by atoms with van der Waals surface area (Å²) >= 11 is 6.20. The molecule has 1 aliphatic rings. The Bertz CT molecular complexity index is 484. The van der Waals surface area contributed by atoms with Crippen LogP contribution in [0.4, 0.5) is 0 Å². The summed E-state index contributed by atoms with van der Waals surface area (Å²) in [4.78, 5) is 0. The second-order valence-corrected chi connectivity index (χ2v) is 5.97. The zero-order valence-electron chi connectivity index (χ0n) is 11.1. The molecule has 0 radical (unpaired) electrons. The smallest absolute Gasteiger partial charge is 0.170 e. The molecule has 0 spiro atoms. The van der Waals surface area contributed by atoms with Crippen molar-refractivity contribution >= 4 is 17.4 Å². The van der Waals surface area contributed by atoms with Crippen LogP contribution in [0.1, 0.15) is 37.3 Å². The second kappa shape index (κ2) is 5.80. The van der Waals surface area contributed by atoms with Crippen LogP contribution in [0, 0.1) is 5.41 Å². The average Bonchev–Trinajstić information content (AvgIpc) is 2.37. The molecule has 0 aliphatic heterocycles. The molecule has 0 aromatic heterocycles. The van der Waals surface area contributed by atoms with Gasteiger partial charge in [-0.25, -0.2) is 0 Å². The lowest BCUT2D eigenvalue weighted by Crippen LogP contribution is -2.37. The summed E-state index contributed by atoms with van der Waals surface area (Å²) in [6.45, 7) is 4.07. The van der Waals surface area contributed by atoms with Gasteiger partial charge in [-0.05, 0) is 29.9 Å².